The molecule has 0 unspecified atom stereocenters. The molecule has 0 aliphatic carbocycles. The molecule has 2 N–H and O–H groups in total. The van der Waals surface area contributed by atoms with Gasteiger partial charge in [-0.25, -0.2) is 4.79 Å². The van der Waals surface area contributed by atoms with Crippen LogP contribution in [0.15, 0.2) is 22.6 Å². The van der Waals surface area contributed by atoms with E-state index in [0.29, 0.717) is 29.4 Å². The molecule has 0 bridgehead atoms. The topological polar surface area (TPSA) is 107 Å². The van der Waals surface area contributed by atoms with Gasteiger partial charge < -0.3 is 29.1 Å². The van der Waals surface area contributed by atoms with Crippen LogP contribution in [-0.2, 0) is 6.42 Å². The van der Waals surface area contributed by atoms with Crippen LogP contribution in [-0.4, -0.2) is 38.3 Å². The maximum atomic E-state index is 12.4. The number of nitrogens with one attached hydrogen (secondary N) is 1. The molecule has 8 heteroatoms. The Hall–Kier alpha value is -3.16. The molecule has 0 aliphatic rings. The SMILES string of the molecule is CCc1oc(C(=O)Nc2cc(OC)c(OC)c(OC)c2)cc1C(=O)O. The molecule has 2 rings (SSSR count). The maximum absolute atomic E-state index is 12.4. The molecule has 0 fully saturated rings. The van der Waals surface area contributed by atoms with Crippen LogP contribution in [0.2, 0.25) is 0 Å². The van der Waals surface area contributed by atoms with Crippen LogP contribution in [0.25, 0.3) is 0 Å². The molecule has 0 radical (unpaired) electrons. The number of carboxylic acid groups (broad SMARTS) is 1. The summed E-state index contributed by atoms with van der Waals surface area (Å²) >= 11 is 0. The van der Waals surface area contributed by atoms with Gasteiger partial charge in [0.15, 0.2) is 17.3 Å². The second kappa shape index (κ2) is 7.61. The number of carboxylic acids is 1. The van der Waals surface area contributed by atoms with Crippen LogP contribution < -0.4 is 19.5 Å². The quantitative estimate of drug-likeness (QED) is 0.791. The van der Waals surface area contributed by atoms with Crippen molar-refractivity contribution in [1.29, 1.82) is 0 Å². The number of hydrogen-bond donors (Lipinski definition) is 2. The number of aryl methyl sites for hydroxylation is 1. The molecule has 134 valence electrons. The number of carbonyl (C=O) groups is 2. The van der Waals surface area contributed by atoms with Gasteiger partial charge in [0.05, 0.1) is 21.3 Å². The van der Waals surface area contributed by atoms with E-state index in [-0.39, 0.29) is 17.1 Å². The predicted octanol–water partition coefficient (Wildman–Crippen LogP) is 2.82. The predicted molar refractivity (Wildman–Crippen MR) is 89.1 cm³/mol. The Balaban J connectivity index is 2.33. The van der Waals surface area contributed by atoms with Crippen molar-refractivity contribution < 1.29 is 33.3 Å². The number of ether oxygens (including phenoxy) is 3. The molecular weight excluding hydrogens is 330 g/mol. The lowest BCUT2D eigenvalue weighted by atomic mass is 10.2. The average molecular weight is 349 g/mol. The molecule has 1 aromatic heterocycles. The van der Waals surface area contributed by atoms with Crippen LogP contribution in [0.1, 0.15) is 33.6 Å². The molecule has 2 aromatic rings. The van der Waals surface area contributed by atoms with Crippen LogP contribution in [0.3, 0.4) is 0 Å². The molecule has 1 amide bonds. The summed E-state index contributed by atoms with van der Waals surface area (Å²) in [5.41, 5.74) is 0.350. The zero-order valence-electron chi connectivity index (χ0n) is 14.3. The van der Waals surface area contributed by atoms with E-state index in [1.165, 1.54) is 27.4 Å². The van der Waals surface area contributed by atoms with E-state index in [4.69, 9.17) is 23.7 Å². The van der Waals surface area contributed by atoms with Crippen molar-refractivity contribution in [1.82, 2.24) is 0 Å². The number of carbonyl (C=O) groups excluding carboxylic acids is 1. The largest absolute Gasteiger partial charge is 0.493 e. The lowest BCUT2D eigenvalue weighted by Gasteiger charge is -2.14. The van der Waals surface area contributed by atoms with Gasteiger partial charge in [-0.1, -0.05) is 6.92 Å². The van der Waals surface area contributed by atoms with E-state index in [2.05, 4.69) is 5.32 Å². The van der Waals surface area contributed by atoms with Crippen LogP contribution in [0.5, 0.6) is 17.2 Å². The number of anilines is 1. The highest BCUT2D eigenvalue weighted by Crippen LogP contribution is 2.40. The minimum atomic E-state index is -1.15. The van der Waals surface area contributed by atoms with Crippen molar-refractivity contribution in [3.05, 3.63) is 35.3 Å². The van der Waals surface area contributed by atoms with Crippen molar-refractivity contribution in [2.75, 3.05) is 26.6 Å². The van der Waals surface area contributed by atoms with E-state index in [1.807, 2.05) is 0 Å². The Labute approximate surface area is 144 Å². The van der Waals surface area contributed by atoms with Gasteiger partial charge in [-0.15, -0.1) is 0 Å². The van der Waals surface area contributed by atoms with Gasteiger partial charge in [0.1, 0.15) is 11.3 Å². The monoisotopic (exact) mass is 349 g/mol. The summed E-state index contributed by atoms with van der Waals surface area (Å²) in [6.07, 6.45) is 0.360. The van der Waals surface area contributed by atoms with Gasteiger partial charge >= 0.3 is 5.97 Å². The molecule has 25 heavy (non-hydrogen) atoms. The summed E-state index contributed by atoms with van der Waals surface area (Å²) in [4.78, 5) is 23.5. The molecule has 0 aliphatic heterocycles. The smallest absolute Gasteiger partial charge is 0.339 e. The fraction of sp³-hybridized carbons (Fsp3) is 0.294. The van der Waals surface area contributed by atoms with E-state index < -0.39 is 11.9 Å². The van der Waals surface area contributed by atoms with Crippen molar-refractivity contribution in [3.63, 3.8) is 0 Å². The summed E-state index contributed by atoms with van der Waals surface area (Å²) in [5.74, 6) is -0.453. The second-order valence-corrected chi connectivity index (χ2v) is 4.97. The maximum Gasteiger partial charge on any atom is 0.339 e. The zero-order chi connectivity index (χ0) is 18.6. The minimum Gasteiger partial charge on any atom is -0.493 e. The van der Waals surface area contributed by atoms with E-state index >= 15 is 0 Å². The molecule has 0 atom stereocenters. The van der Waals surface area contributed by atoms with E-state index in [0.717, 1.165) is 0 Å². The van der Waals surface area contributed by atoms with Crippen molar-refractivity contribution >= 4 is 17.6 Å². The van der Waals surface area contributed by atoms with Gasteiger partial charge in [-0.05, 0) is 0 Å². The molecule has 1 aromatic carbocycles. The molecule has 0 saturated heterocycles. The number of hydrogen-bond acceptors (Lipinski definition) is 6. The third-order valence-corrected chi connectivity index (χ3v) is 3.51. The van der Waals surface area contributed by atoms with Gasteiger partial charge in [-0.2, -0.15) is 0 Å². The lowest BCUT2D eigenvalue weighted by molar-refractivity contribution is 0.0694. The molecule has 8 nitrogen and oxygen atoms in total. The molecule has 1 heterocycles. The number of amides is 1. The second-order valence-electron chi connectivity index (χ2n) is 4.97. The first kappa shape index (κ1) is 18.2. The normalized spacial score (nSPS) is 10.2. The highest BCUT2D eigenvalue weighted by molar-refractivity contribution is 6.04. The number of furan rings is 1. The fourth-order valence-corrected chi connectivity index (χ4v) is 2.33. The van der Waals surface area contributed by atoms with Crippen LogP contribution in [0.4, 0.5) is 5.69 Å². The number of methoxy groups -OCH3 is 3. The van der Waals surface area contributed by atoms with Crippen molar-refractivity contribution in [2.24, 2.45) is 0 Å². The Bertz CT molecular complexity index is 769. The summed E-state index contributed by atoms with van der Waals surface area (Å²) in [6.45, 7) is 1.74. The van der Waals surface area contributed by atoms with Crippen LogP contribution >= 0.6 is 0 Å². The summed E-state index contributed by atoms with van der Waals surface area (Å²) < 4.78 is 21.0. The lowest BCUT2D eigenvalue weighted by Crippen LogP contribution is -2.11. The standard InChI is InChI=1S/C17H19NO7/c1-5-11-10(17(20)21)8-14(25-11)16(19)18-9-6-12(22-2)15(24-4)13(7-9)23-3/h6-8H,5H2,1-4H3,(H,18,19)(H,20,21). The third-order valence-electron chi connectivity index (χ3n) is 3.51. The third kappa shape index (κ3) is 3.68. The van der Waals surface area contributed by atoms with Crippen LogP contribution in [0, 0.1) is 0 Å². The first-order valence-corrected chi connectivity index (χ1v) is 7.42. The van der Waals surface area contributed by atoms with Gasteiger partial charge in [-0.3, -0.25) is 4.79 Å². The Morgan fingerprint density at radius 1 is 1.08 bits per heavy atom. The molecular formula is C17H19NO7. The highest BCUT2D eigenvalue weighted by atomic mass is 16.5. The first-order valence-electron chi connectivity index (χ1n) is 7.42. The van der Waals surface area contributed by atoms with Crippen molar-refractivity contribution in [3.8, 4) is 17.2 Å². The minimum absolute atomic E-state index is 0.0301. The Morgan fingerprint density at radius 3 is 2.08 bits per heavy atom. The van der Waals surface area contributed by atoms with E-state index in [9.17, 15) is 9.59 Å². The number of aromatic carboxylic acids is 1. The average Bonchev–Trinajstić information content (AvgIpc) is 3.05. The van der Waals surface area contributed by atoms with Gasteiger partial charge in [0.25, 0.3) is 5.91 Å². The Morgan fingerprint density at radius 2 is 1.68 bits per heavy atom. The zero-order valence-corrected chi connectivity index (χ0v) is 14.3. The van der Waals surface area contributed by atoms with Crippen molar-refractivity contribution in [2.45, 2.75) is 13.3 Å². The van der Waals surface area contributed by atoms with Gasteiger partial charge in [0, 0.05) is 30.3 Å². The first-order chi connectivity index (χ1) is 11.9. The number of rotatable bonds is 7. The summed E-state index contributed by atoms with van der Waals surface area (Å²) in [6, 6.07) is 4.32. The summed E-state index contributed by atoms with van der Waals surface area (Å²) in [7, 11) is 4.39. The Kier molecular flexibility index (Phi) is 5.53. The molecule has 0 spiro atoms. The van der Waals surface area contributed by atoms with E-state index in [1.54, 1.807) is 19.1 Å². The van der Waals surface area contributed by atoms with Gasteiger partial charge in [0.2, 0.25) is 5.75 Å². The highest BCUT2D eigenvalue weighted by Gasteiger charge is 2.21. The number of benzene rings is 1. The fourth-order valence-electron chi connectivity index (χ4n) is 2.33. The summed E-state index contributed by atoms with van der Waals surface area (Å²) in [5, 5.41) is 11.8. The molecule has 0 saturated carbocycles.